The van der Waals surface area contributed by atoms with Crippen LogP contribution in [-0.4, -0.2) is 127 Å². The molecule has 103 heavy (non-hydrogen) atoms. The Hall–Kier alpha value is -10.8. The number of likely N-dealkylation sites (N-methyl/N-ethyl adjacent to an activating group) is 1. The molecular weight excluding hydrogens is 1420 g/mol. The lowest BCUT2D eigenvalue weighted by atomic mass is 10.1. The second kappa shape index (κ2) is 33.3. The van der Waals surface area contributed by atoms with Crippen LogP contribution in [0.5, 0.6) is 0 Å². The summed E-state index contributed by atoms with van der Waals surface area (Å²) in [6.45, 7) is 7.17. The summed E-state index contributed by atoms with van der Waals surface area (Å²) in [6.07, 6.45) is 20.6. The van der Waals surface area contributed by atoms with Crippen molar-refractivity contribution in [2.45, 2.75) is 90.9 Å². The van der Waals surface area contributed by atoms with Crippen molar-refractivity contribution in [1.82, 2.24) is 84.7 Å². The van der Waals surface area contributed by atoms with Crippen molar-refractivity contribution in [3.05, 3.63) is 225 Å². The van der Waals surface area contributed by atoms with E-state index in [9.17, 15) is 25.0 Å². The number of nitrogen functional groups attached to an aromatic ring is 1. The lowest BCUT2D eigenvalue weighted by molar-refractivity contribution is -0.385. The fourth-order valence-corrected chi connectivity index (χ4v) is 12.8. The summed E-state index contributed by atoms with van der Waals surface area (Å²) in [7, 11) is 0. The molecule has 7 heterocycles. The Bertz CT molecular complexity index is 5110. The van der Waals surface area contributed by atoms with E-state index in [1.165, 1.54) is 82.8 Å². The molecule has 29 nitrogen and oxygen atoms in total. The molecule has 0 atom stereocenters. The van der Waals surface area contributed by atoms with Crippen molar-refractivity contribution in [2.75, 3.05) is 47.9 Å². The SMILES string of the molecule is CCN(CC)CCOC(=O)c1ccc(Nc2ncc3nnn(-c4ccc5c(c4)CCC5)c3n2)cc1.Clc1ncc2nnn(-c3ccc4c(c3)CCC4)c2n1.Nc1cnc(Cl)nc1Nc1ccc2c(c1)CCC2.O=[N+]([O-])c1cnc(Cl)nc1Cl.O=[N+]([O-])c1cnc(Cl)nc1Nc1ccc2c(c1)CCC2. The molecule has 16 rings (SSSR count). The van der Waals surface area contributed by atoms with Gasteiger partial charge >= 0.3 is 17.3 Å². The standard InChI is InChI=1S/C26H29N7O2.C13H10ClN5.C13H11ClN4O2.C13H13ClN4.C4HCl2N3O2/c1-3-32(4-2)14-15-35-25(34)19-8-11-21(12-9-19)28-26-27-17-23-24(29-26)33(31-30-23)22-13-10-18-6-5-7-20(18)16-22;14-13-15-7-11-12(16-13)19(18-17-11)10-5-4-8-2-1-3-9(8)6-10;14-13-15-7-11(18(19)20)12(17-13)16-10-5-4-8-2-1-3-9(8)6-10;14-13-16-7-11(15)12(18-13)17-10-5-4-8-2-1-3-9(8)6-10;5-3-2(9(10)11)1-7-4(6)8-3/h8-13,16-17H,3-7,14-15H2,1-2H3,(H,27,28,29);4-7H,1-3H2;4-7H,1-3H2,(H,15,16,17);4-7H,1-3,15H2,(H,16,17,18);1H. The minimum absolute atomic E-state index is 0.0285. The molecule has 0 unspecified atom stereocenters. The summed E-state index contributed by atoms with van der Waals surface area (Å²) in [6, 6.07) is 32.1. The number of hydrogen-bond acceptors (Lipinski definition) is 25. The molecule has 526 valence electrons. The van der Waals surface area contributed by atoms with Gasteiger partial charge in [-0.3, -0.25) is 20.2 Å². The number of nitrogens with one attached hydrogen (secondary N) is 3. The van der Waals surface area contributed by atoms with Gasteiger partial charge in [0, 0.05) is 23.6 Å². The monoisotopic (exact) mass is 1490 g/mol. The Balaban J connectivity index is 0.000000128. The third kappa shape index (κ3) is 18.1. The number of benzene rings is 5. The molecule has 5 aromatic carbocycles. The highest BCUT2D eigenvalue weighted by Crippen LogP contribution is 2.33. The Morgan fingerprint density at radius 1 is 0.505 bits per heavy atom. The number of nitrogens with two attached hydrogens (primary N) is 1. The van der Waals surface area contributed by atoms with E-state index in [1.54, 1.807) is 33.9 Å². The van der Waals surface area contributed by atoms with E-state index in [0.29, 0.717) is 52.0 Å². The molecule has 0 radical (unpaired) electrons. The maximum Gasteiger partial charge on any atom is 0.338 e. The number of fused-ring (bicyclic) bond motifs is 6. The number of anilines is 7. The lowest BCUT2D eigenvalue weighted by Crippen LogP contribution is -2.27. The van der Waals surface area contributed by atoms with E-state index < -0.39 is 9.85 Å². The second-order valence-corrected chi connectivity index (χ2v) is 25.5. The highest BCUT2D eigenvalue weighted by molar-refractivity contribution is 6.33. The topological polar surface area (TPSA) is 368 Å². The van der Waals surface area contributed by atoms with Crippen LogP contribution in [0.2, 0.25) is 26.3 Å². The van der Waals surface area contributed by atoms with Gasteiger partial charge in [0.15, 0.2) is 28.1 Å². The number of esters is 1. The van der Waals surface area contributed by atoms with Crippen LogP contribution in [0.4, 0.5) is 51.7 Å². The van der Waals surface area contributed by atoms with E-state index >= 15 is 0 Å². The molecule has 34 heteroatoms. The zero-order valence-corrected chi connectivity index (χ0v) is 59.1. The summed E-state index contributed by atoms with van der Waals surface area (Å²) in [5.41, 5.74) is 24.3. The average Bonchev–Trinajstić information content (AvgIpc) is 1.66. The molecule has 12 aromatic rings. The second-order valence-electron chi connectivity index (χ2n) is 23.8. The minimum atomic E-state index is -0.682. The van der Waals surface area contributed by atoms with Gasteiger partial charge in [0.2, 0.25) is 38.1 Å². The number of ether oxygens (including phenoxy) is 1. The molecule has 7 aromatic heterocycles. The number of aryl methyl sites for hydroxylation is 8. The van der Waals surface area contributed by atoms with Crippen LogP contribution in [0.15, 0.2) is 128 Å². The third-order valence-electron chi connectivity index (χ3n) is 17.3. The van der Waals surface area contributed by atoms with Crippen LogP contribution in [0.1, 0.15) is 94.4 Å². The van der Waals surface area contributed by atoms with Gasteiger partial charge in [0.05, 0.1) is 51.1 Å². The van der Waals surface area contributed by atoms with Crippen molar-refractivity contribution in [1.29, 1.82) is 0 Å². The first-order chi connectivity index (χ1) is 49.9. The Morgan fingerprint density at radius 3 is 1.48 bits per heavy atom. The quantitative estimate of drug-likeness (QED) is 0.0229. The van der Waals surface area contributed by atoms with Gasteiger partial charge in [0.25, 0.3) is 0 Å². The summed E-state index contributed by atoms with van der Waals surface area (Å²) < 4.78 is 8.86. The highest BCUT2D eigenvalue weighted by Gasteiger charge is 2.22. The number of nitrogens with zero attached hydrogens (tertiary/aromatic N) is 19. The summed E-state index contributed by atoms with van der Waals surface area (Å²) in [5, 5.41) is 47.1. The summed E-state index contributed by atoms with van der Waals surface area (Å²) in [4.78, 5) is 73.7. The van der Waals surface area contributed by atoms with E-state index in [4.69, 9.17) is 68.5 Å². The van der Waals surface area contributed by atoms with E-state index in [-0.39, 0.29) is 49.4 Å². The van der Waals surface area contributed by atoms with Crippen molar-refractivity contribution < 1.29 is 19.4 Å². The van der Waals surface area contributed by atoms with Gasteiger partial charge in [-0.15, -0.1) is 10.2 Å². The maximum absolute atomic E-state index is 12.3. The van der Waals surface area contributed by atoms with Gasteiger partial charge in [-0.1, -0.05) is 60.1 Å². The number of nitro groups is 2. The summed E-state index contributed by atoms with van der Waals surface area (Å²) >= 11 is 27.9. The highest BCUT2D eigenvalue weighted by atomic mass is 35.5. The smallest absolute Gasteiger partial charge is 0.338 e. The van der Waals surface area contributed by atoms with Crippen LogP contribution in [0.3, 0.4) is 0 Å². The van der Waals surface area contributed by atoms with Crippen molar-refractivity contribution in [3.63, 3.8) is 0 Å². The number of hydrogen-bond donors (Lipinski definition) is 4. The Labute approximate surface area is 613 Å². The molecule has 4 aliphatic carbocycles. The minimum Gasteiger partial charge on any atom is -0.461 e. The van der Waals surface area contributed by atoms with Crippen molar-refractivity contribution >= 4 is 138 Å². The molecule has 0 saturated carbocycles. The van der Waals surface area contributed by atoms with Gasteiger partial charge in [-0.2, -0.15) is 34.3 Å². The number of carbonyl (C=O) groups is 1. The molecule has 4 aliphatic rings. The van der Waals surface area contributed by atoms with Gasteiger partial charge in [-0.05, 0) is 254 Å². The first-order valence-electron chi connectivity index (χ1n) is 32.8. The molecule has 0 bridgehead atoms. The predicted octanol–water partition coefficient (Wildman–Crippen LogP) is 14.2. The fraction of sp³-hybridized carbons (Fsp3) is 0.261. The molecule has 0 amide bonds. The van der Waals surface area contributed by atoms with Crippen LogP contribution in [0, 0.1) is 20.2 Å². The predicted molar refractivity (Wildman–Crippen MR) is 393 cm³/mol. The molecule has 0 aliphatic heterocycles. The Kier molecular flexibility index (Phi) is 23.3. The zero-order valence-electron chi connectivity index (χ0n) is 55.4. The lowest BCUT2D eigenvalue weighted by Gasteiger charge is -2.17. The van der Waals surface area contributed by atoms with E-state index in [2.05, 4.69) is 148 Å². The van der Waals surface area contributed by atoms with Crippen molar-refractivity contribution in [2.24, 2.45) is 0 Å². The number of halogens is 5. The van der Waals surface area contributed by atoms with Gasteiger partial charge < -0.3 is 31.3 Å². The molecule has 0 fully saturated rings. The average molecular weight is 1490 g/mol. The van der Waals surface area contributed by atoms with Crippen LogP contribution >= 0.6 is 58.0 Å². The van der Waals surface area contributed by atoms with Crippen LogP contribution in [0.25, 0.3) is 33.7 Å². The number of carbonyl (C=O) groups excluding carboxylic acids is 1. The van der Waals surface area contributed by atoms with Crippen LogP contribution < -0.4 is 21.7 Å². The van der Waals surface area contributed by atoms with Crippen LogP contribution in [-0.2, 0) is 56.1 Å². The maximum atomic E-state index is 12.3. The Morgan fingerprint density at radius 2 is 0.942 bits per heavy atom. The largest absolute Gasteiger partial charge is 0.461 e. The summed E-state index contributed by atoms with van der Waals surface area (Å²) in [5.74, 6) is 0.753. The number of rotatable bonds is 16. The van der Waals surface area contributed by atoms with Gasteiger partial charge in [-0.25, -0.2) is 29.7 Å². The molecule has 0 saturated heterocycles. The number of aromatic nitrogens is 16. The first-order valence-corrected chi connectivity index (χ1v) is 34.7. The molecule has 5 N–H and O–H groups in total. The van der Waals surface area contributed by atoms with Gasteiger partial charge in [0.1, 0.15) is 19.0 Å². The normalized spacial score (nSPS) is 12.8. The first kappa shape index (κ1) is 72.0. The van der Waals surface area contributed by atoms with E-state index in [0.717, 1.165) is 105 Å². The van der Waals surface area contributed by atoms with Crippen molar-refractivity contribution in [3.8, 4) is 11.4 Å². The molecule has 0 spiro atoms. The fourth-order valence-electron chi connectivity index (χ4n) is 12.0. The third-order valence-corrected chi connectivity index (χ3v) is 18.3. The van der Waals surface area contributed by atoms with E-state index in [1.807, 2.05) is 42.5 Å². The zero-order chi connectivity index (χ0) is 72.1. The molecular formula is C69H64Cl5N23O6.